The summed E-state index contributed by atoms with van der Waals surface area (Å²) in [7, 11) is 0. The maximum Gasteiger partial charge on any atom is 0.306 e. The van der Waals surface area contributed by atoms with E-state index in [4.69, 9.17) is 14.2 Å². The minimum Gasteiger partial charge on any atom is -0.462 e. The van der Waals surface area contributed by atoms with E-state index in [9.17, 15) is 14.4 Å². The first-order valence-electron chi connectivity index (χ1n) is 26.8. The number of rotatable bonds is 46. The molecule has 0 spiro atoms. The van der Waals surface area contributed by atoms with E-state index >= 15 is 0 Å². The third-order valence-corrected chi connectivity index (χ3v) is 10.7. The second-order valence-electron chi connectivity index (χ2n) is 17.2. The monoisotopic (exact) mass is 925 g/mol. The minimum atomic E-state index is -0.847. The number of carbonyl (C=O) groups excluding carboxylic acids is 3. The summed E-state index contributed by atoms with van der Waals surface area (Å²) in [4.78, 5) is 38.0. The van der Waals surface area contributed by atoms with Gasteiger partial charge >= 0.3 is 17.9 Å². The lowest BCUT2D eigenvalue weighted by Crippen LogP contribution is -2.30. The minimum absolute atomic E-state index is 0.141. The van der Waals surface area contributed by atoms with Gasteiger partial charge in [-0.2, -0.15) is 0 Å². The average molecular weight is 925 g/mol. The van der Waals surface area contributed by atoms with Crippen molar-refractivity contribution in [2.45, 2.75) is 219 Å². The number of unbranched alkanes of at least 4 members (excludes halogenated alkanes) is 17. The highest BCUT2D eigenvalue weighted by atomic mass is 16.6. The molecule has 0 radical (unpaired) electrons. The van der Waals surface area contributed by atoms with E-state index < -0.39 is 12.1 Å². The van der Waals surface area contributed by atoms with E-state index in [0.717, 1.165) is 64.2 Å². The Morgan fingerprint density at radius 3 is 1.10 bits per heavy atom. The van der Waals surface area contributed by atoms with Gasteiger partial charge in [-0.1, -0.05) is 225 Å². The second kappa shape index (κ2) is 54.2. The van der Waals surface area contributed by atoms with Gasteiger partial charge < -0.3 is 14.2 Å². The zero-order valence-electron chi connectivity index (χ0n) is 42.9. The third-order valence-electron chi connectivity index (χ3n) is 10.7. The fraction of sp³-hybridized carbons (Fsp3) is 0.590. The average Bonchev–Trinajstić information content (AvgIpc) is 3.33. The zero-order valence-corrected chi connectivity index (χ0v) is 42.9. The van der Waals surface area contributed by atoms with Crippen LogP contribution >= 0.6 is 0 Å². The standard InChI is InChI=1S/C61H96O6/c1-4-7-10-13-16-19-22-25-28-30-33-36-39-42-45-48-51-54-60(63)66-57-58(56-65-59(62)53-50-47-44-41-38-35-32-27-24-21-18-15-12-9-6-3)67-61(64)55-52-49-46-43-40-37-34-31-29-26-23-20-17-14-11-8-5-2/h9,12,15,18,21,24-29,32-38,42-43,45-46,58H,4-8,10-11,13-14,16-17,19-20,22-23,30-31,39-41,44,47-57H2,1-3H3/b12-9-,18-15-,24-21-,28-25-,29-26-,32-27-,36-33-,37-34-,38-35-,45-42-,46-43-. The molecule has 6 heteroatoms. The van der Waals surface area contributed by atoms with Crippen molar-refractivity contribution in [3.05, 3.63) is 134 Å². The highest BCUT2D eigenvalue weighted by Crippen LogP contribution is 2.11. The van der Waals surface area contributed by atoms with Gasteiger partial charge in [-0.25, -0.2) is 0 Å². The predicted octanol–water partition coefficient (Wildman–Crippen LogP) is 17.9. The molecule has 6 nitrogen and oxygen atoms in total. The Morgan fingerprint density at radius 1 is 0.328 bits per heavy atom. The highest BCUT2D eigenvalue weighted by molar-refractivity contribution is 5.71. The first kappa shape index (κ1) is 62.5. The summed E-state index contributed by atoms with van der Waals surface area (Å²) in [5.74, 6) is -1.09. The van der Waals surface area contributed by atoms with Crippen LogP contribution in [0.2, 0.25) is 0 Å². The van der Waals surface area contributed by atoms with E-state index in [1.165, 1.54) is 89.9 Å². The molecular weight excluding hydrogens is 829 g/mol. The zero-order chi connectivity index (χ0) is 48.6. The van der Waals surface area contributed by atoms with Gasteiger partial charge in [0.05, 0.1) is 0 Å². The van der Waals surface area contributed by atoms with Gasteiger partial charge in [0, 0.05) is 19.3 Å². The van der Waals surface area contributed by atoms with Crippen LogP contribution in [-0.2, 0) is 28.6 Å². The Balaban J connectivity index is 4.64. The molecule has 0 rings (SSSR count). The van der Waals surface area contributed by atoms with Crippen molar-refractivity contribution in [3.8, 4) is 0 Å². The fourth-order valence-electron chi connectivity index (χ4n) is 6.73. The maximum absolute atomic E-state index is 12.8. The molecule has 1 unspecified atom stereocenters. The fourth-order valence-corrected chi connectivity index (χ4v) is 6.73. The van der Waals surface area contributed by atoms with Crippen molar-refractivity contribution in [2.75, 3.05) is 13.2 Å². The van der Waals surface area contributed by atoms with Gasteiger partial charge in [0.25, 0.3) is 0 Å². The molecule has 1 atom stereocenters. The molecule has 0 fully saturated rings. The maximum atomic E-state index is 12.8. The molecule has 0 aliphatic carbocycles. The Morgan fingerprint density at radius 2 is 0.657 bits per heavy atom. The summed E-state index contributed by atoms with van der Waals surface area (Å²) in [6, 6.07) is 0. The molecule has 0 heterocycles. The number of allylic oxidation sites excluding steroid dienone is 22. The van der Waals surface area contributed by atoms with Crippen LogP contribution in [0.15, 0.2) is 134 Å². The number of hydrogen-bond donors (Lipinski definition) is 0. The van der Waals surface area contributed by atoms with E-state index in [1.807, 2.05) is 48.6 Å². The van der Waals surface area contributed by atoms with E-state index in [0.29, 0.717) is 19.3 Å². The predicted molar refractivity (Wildman–Crippen MR) is 288 cm³/mol. The molecule has 0 N–H and O–H groups in total. The van der Waals surface area contributed by atoms with Crippen LogP contribution in [-0.4, -0.2) is 37.2 Å². The van der Waals surface area contributed by atoms with E-state index in [1.54, 1.807) is 0 Å². The van der Waals surface area contributed by atoms with Gasteiger partial charge in [0.15, 0.2) is 6.10 Å². The molecule has 0 aliphatic rings. The van der Waals surface area contributed by atoms with Crippen LogP contribution in [0.1, 0.15) is 213 Å². The van der Waals surface area contributed by atoms with Crippen LogP contribution in [0.3, 0.4) is 0 Å². The van der Waals surface area contributed by atoms with Crippen molar-refractivity contribution >= 4 is 17.9 Å². The van der Waals surface area contributed by atoms with Gasteiger partial charge in [0.1, 0.15) is 13.2 Å². The van der Waals surface area contributed by atoms with Crippen molar-refractivity contribution in [2.24, 2.45) is 0 Å². The lowest BCUT2D eigenvalue weighted by atomic mass is 10.1. The molecular formula is C61H96O6. The summed E-state index contributed by atoms with van der Waals surface area (Å²) in [6.07, 6.45) is 75.9. The SMILES string of the molecule is CC\C=C/C=C\C=C/C=C\C=C/CCCCCC(=O)OCC(COC(=O)CCC/C=C\C/C=C\C/C=C\CCCCCCCC)OC(=O)CCC/C=C\C/C=C\C/C=C\CCCCCCCC. The van der Waals surface area contributed by atoms with Crippen molar-refractivity contribution in [1.29, 1.82) is 0 Å². The molecule has 0 amide bonds. The van der Waals surface area contributed by atoms with Gasteiger partial charge in [-0.05, 0) is 103 Å². The summed E-state index contributed by atoms with van der Waals surface area (Å²) in [5, 5.41) is 0. The first-order valence-corrected chi connectivity index (χ1v) is 26.8. The largest absolute Gasteiger partial charge is 0.462 e. The van der Waals surface area contributed by atoms with Crippen molar-refractivity contribution < 1.29 is 28.6 Å². The molecule has 376 valence electrons. The molecule has 0 aromatic rings. The number of ether oxygens (including phenoxy) is 3. The van der Waals surface area contributed by atoms with Gasteiger partial charge in [-0.15, -0.1) is 0 Å². The van der Waals surface area contributed by atoms with Crippen LogP contribution in [0.25, 0.3) is 0 Å². The number of hydrogen-bond acceptors (Lipinski definition) is 6. The third kappa shape index (κ3) is 52.4. The lowest BCUT2D eigenvalue weighted by molar-refractivity contribution is -0.167. The second-order valence-corrected chi connectivity index (χ2v) is 17.2. The first-order chi connectivity index (χ1) is 33.0. The van der Waals surface area contributed by atoms with E-state index in [-0.39, 0.29) is 44.4 Å². The van der Waals surface area contributed by atoms with Crippen LogP contribution < -0.4 is 0 Å². The quantitative estimate of drug-likeness (QED) is 0.0199. The normalized spacial score (nSPS) is 13.2. The summed E-state index contributed by atoms with van der Waals surface area (Å²) in [5.41, 5.74) is 0. The summed E-state index contributed by atoms with van der Waals surface area (Å²) >= 11 is 0. The van der Waals surface area contributed by atoms with Crippen molar-refractivity contribution in [3.63, 3.8) is 0 Å². The van der Waals surface area contributed by atoms with Crippen LogP contribution in [0.5, 0.6) is 0 Å². The Hall–Kier alpha value is -4.45. The van der Waals surface area contributed by atoms with Gasteiger partial charge in [-0.3, -0.25) is 14.4 Å². The molecule has 0 aromatic heterocycles. The Kier molecular flexibility index (Phi) is 50.6. The smallest absolute Gasteiger partial charge is 0.306 e. The molecule has 67 heavy (non-hydrogen) atoms. The molecule has 0 saturated carbocycles. The summed E-state index contributed by atoms with van der Waals surface area (Å²) < 4.78 is 16.7. The van der Waals surface area contributed by atoms with Gasteiger partial charge in [0.2, 0.25) is 0 Å². The topological polar surface area (TPSA) is 78.9 Å². The number of esters is 3. The molecule has 0 bridgehead atoms. The van der Waals surface area contributed by atoms with E-state index in [2.05, 4.69) is 106 Å². The molecule has 0 aliphatic heterocycles. The van der Waals surface area contributed by atoms with Crippen LogP contribution in [0, 0.1) is 0 Å². The van der Waals surface area contributed by atoms with Crippen molar-refractivity contribution in [1.82, 2.24) is 0 Å². The Bertz CT molecular complexity index is 1480. The Labute approximate surface area is 411 Å². The van der Waals surface area contributed by atoms with Crippen LogP contribution in [0.4, 0.5) is 0 Å². The highest BCUT2D eigenvalue weighted by Gasteiger charge is 2.19. The molecule has 0 aromatic carbocycles. The molecule has 0 saturated heterocycles. The summed E-state index contributed by atoms with van der Waals surface area (Å²) in [6.45, 7) is 6.34. The lowest BCUT2D eigenvalue weighted by Gasteiger charge is -2.18. The number of carbonyl (C=O) groups is 3.